The van der Waals surface area contributed by atoms with Gasteiger partial charge in [-0.25, -0.2) is 0 Å². The molecule has 4 heteroatoms. The van der Waals surface area contributed by atoms with Gasteiger partial charge in [-0.1, -0.05) is 26.7 Å². The van der Waals surface area contributed by atoms with Gasteiger partial charge in [-0.2, -0.15) is 4.89 Å². The largest absolute Gasteiger partial charge is 0.505 e. The Labute approximate surface area is 86.2 Å². The predicted molar refractivity (Wildman–Crippen MR) is 48.0 cm³/mol. The molecule has 0 saturated heterocycles. The summed E-state index contributed by atoms with van der Waals surface area (Å²) in [6.45, 7) is 4.23. The van der Waals surface area contributed by atoms with Crippen molar-refractivity contribution in [2.24, 2.45) is 5.92 Å². The zero-order valence-corrected chi connectivity index (χ0v) is 9.68. The van der Waals surface area contributed by atoms with Crippen LogP contribution in [0.3, 0.4) is 0 Å². The van der Waals surface area contributed by atoms with Crippen molar-refractivity contribution in [1.82, 2.24) is 0 Å². The first kappa shape index (κ1) is 15.1. The molecular weight excluding hydrogens is 218 g/mol. The van der Waals surface area contributed by atoms with Crippen LogP contribution < -0.4 is 0 Å². The van der Waals surface area contributed by atoms with Crippen molar-refractivity contribution in [3.8, 4) is 0 Å². The maximum atomic E-state index is 10.5. The minimum atomic E-state index is -1.91. The Bertz CT molecular complexity index is 120. The molecule has 0 spiro atoms. The van der Waals surface area contributed by atoms with Crippen LogP contribution in [0, 0.1) is 5.92 Å². The van der Waals surface area contributed by atoms with Gasteiger partial charge in [0.2, 0.25) is 0 Å². The van der Waals surface area contributed by atoms with Crippen LogP contribution in [0.15, 0.2) is 0 Å². The molecule has 0 bridgehead atoms. The Balaban J connectivity index is 0. The smallest absolute Gasteiger partial charge is 0.161 e. The SMILES string of the molecule is CCCCC(CC)C[P+](=O)O.[Co]. The third kappa shape index (κ3) is 8.66. The third-order valence-electron chi connectivity index (χ3n) is 1.96. The topological polar surface area (TPSA) is 37.3 Å². The maximum absolute atomic E-state index is 10.5. The Hall–Kier alpha value is 0.566. The second-order valence-electron chi connectivity index (χ2n) is 2.95. The molecule has 2 nitrogen and oxygen atoms in total. The van der Waals surface area contributed by atoms with E-state index >= 15 is 0 Å². The third-order valence-corrected chi connectivity index (χ3v) is 2.79. The zero-order chi connectivity index (χ0) is 8.69. The van der Waals surface area contributed by atoms with E-state index in [4.69, 9.17) is 4.89 Å². The summed E-state index contributed by atoms with van der Waals surface area (Å²) in [6, 6.07) is 0. The van der Waals surface area contributed by atoms with E-state index < -0.39 is 8.03 Å². The van der Waals surface area contributed by atoms with Crippen LogP contribution in [0.5, 0.6) is 0 Å². The first-order valence-corrected chi connectivity index (χ1v) is 5.74. The first-order valence-electron chi connectivity index (χ1n) is 4.34. The van der Waals surface area contributed by atoms with Crippen molar-refractivity contribution in [2.45, 2.75) is 39.5 Å². The molecular formula is C8H18CoO2P+. The van der Waals surface area contributed by atoms with Gasteiger partial charge in [0.1, 0.15) is 0 Å². The van der Waals surface area contributed by atoms with Crippen LogP contribution in [-0.2, 0) is 21.3 Å². The van der Waals surface area contributed by atoms with Gasteiger partial charge in [-0.05, 0) is 17.4 Å². The second-order valence-corrected chi connectivity index (χ2v) is 4.02. The fraction of sp³-hybridized carbons (Fsp3) is 1.00. The summed E-state index contributed by atoms with van der Waals surface area (Å²) in [5, 5.41) is 0. The van der Waals surface area contributed by atoms with E-state index in [2.05, 4.69) is 13.8 Å². The molecule has 0 aliphatic carbocycles. The van der Waals surface area contributed by atoms with Crippen molar-refractivity contribution >= 4 is 8.03 Å². The molecule has 2 unspecified atom stereocenters. The van der Waals surface area contributed by atoms with Crippen LogP contribution >= 0.6 is 8.03 Å². The Morgan fingerprint density at radius 3 is 2.33 bits per heavy atom. The fourth-order valence-electron chi connectivity index (χ4n) is 1.14. The fourth-order valence-corrected chi connectivity index (χ4v) is 2.02. The van der Waals surface area contributed by atoms with Crippen LogP contribution in [0.2, 0.25) is 0 Å². The number of hydrogen-bond acceptors (Lipinski definition) is 1. The molecule has 0 aromatic heterocycles. The maximum Gasteiger partial charge on any atom is 0.505 e. The number of unbranched alkanes of at least 4 members (excludes halogenated alkanes) is 1. The number of hydrogen-bond donors (Lipinski definition) is 1. The van der Waals surface area contributed by atoms with Gasteiger partial charge < -0.3 is 0 Å². The molecule has 0 aromatic carbocycles. The summed E-state index contributed by atoms with van der Waals surface area (Å²) >= 11 is 0. The summed E-state index contributed by atoms with van der Waals surface area (Å²) in [5.41, 5.74) is 0. The van der Waals surface area contributed by atoms with Gasteiger partial charge >= 0.3 is 8.03 Å². The van der Waals surface area contributed by atoms with Crippen molar-refractivity contribution in [2.75, 3.05) is 6.16 Å². The quantitative estimate of drug-likeness (QED) is 0.720. The molecule has 1 N–H and O–H groups in total. The van der Waals surface area contributed by atoms with Crippen molar-refractivity contribution < 1.29 is 26.2 Å². The summed E-state index contributed by atoms with van der Waals surface area (Å²) in [7, 11) is -1.91. The van der Waals surface area contributed by atoms with E-state index in [1.807, 2.05) is 0 Å². The van der Waals surface area contributed by atoms with Gasteiger partial charge in [0.25, 0.3) is 0 Å². The molecule has 75 valence electrons. The summed E-state index contributed by atoms with van der Waals surface area (Å²) < 4.78 is 10.5. The van der Waals surface area contributed by atoms with Crippen molar-refractivity contribution in [3.63, 3.8) is 0 Å². The minimum Gasteiger partial charge on any atom is -0.161 e. The second kappa shape index (κ2) is 9.65. The van der Waals surface area contributed by atoms with Gasteiger partial charge in [0, 0.05) is 22.7 Å². The average molecular weight is 236 g/mol. The van der Waals surface area contributed by atoms with Crippen molar-refractivity contribution in [3.05, 3.63) is 0 Å². The molecule has 0 aromatic rings. The van der Waals surface area contributed by atoms with Crippen molar-refractivity contribution in [1.29, 1.82) is 0 Å². The predicted octanol–water partition coefficient (Wildman–Crippen LogP) is 2.94. The number of rotatable bonds is 6. The molecule has 0 amide bonds. The van der Waals surface area contributed by atoms with E-state index in [1.165, 1.54) is 12.8 Å². The van der Waals surface area contributed by atoms with E-state index in [0.717, 1.165) is 12.8 Å². The molecule has 0 heterocycles. The van der Waals surface area contributed by atoms with E-state index in [0.29, 0.717) is 12.1 Å². The van der Waals surface area contributed by atoms with E-state index in [-0.39, 0.29) is 16.8 Å². The molecule has 12 heavy (non-hydrogen) atoms. The average Bonchev–Trinajstić information content (AvgIpc) is 1.97. The molecule has 1 radical (unpaired) electrons. The normalized spacial score (nSPS) is 13.4. The van der Waals surface area contributed by atoms with Crippen LogP contribution in [0.4, 0.5) is 0 Å². The molecule has 0 fully saturated rings. The Morgan fingerprint density at radius 1 is 1.42 bits per heavy atom. The first-order chi connectivity index (χ1) is 5.20. The van der Waals surface area contributed by atoms with Gasteiger partial charge in [0.05, 0.1) is 0 Å². The molecule has 0 saturated carbocycles. The van der Waals surface area contributed by atoms with E-state index in [9.17, 15) is 4.57 Å². The summed E-state index contributed by atoms with van der Waals surface area (Å²) in [5.74, 6) is 0.462. The monoisotopic (exact) mass is 236 g/mol. The molecule has 0 aliphatic rings. The Morgan fingerprint density at radius 2 is 2.00 bits per heavy atom. The molecule has 0 rings (SSSR count). The van der Waals surface area contributed by atoms with Gasteiger partial charge in [0.15, 0.2) is 6.16 Å². The van der Waals surface area contributed by atoms with E-state index in [1.54, 1.807) is 0 Å². The van der Waals surface area contributed by atoms with Crippen LogP contribution in [-0.4, -0.2) is 11.1 Å². The standard InChI is InChI=1S/C8H17O2P.Co/c1-3-5-6-8(4-2)7-11(9)10;/h8H,3-7H2,1-2H3;/p+1. The molecule has 0 aliphatic heterocycles. The minimum absolute atomic E-state index is 0. The van der Waals surface area contributed by atoms with Gasteiger partial charge in [-0.15, -0.1) is 0 Å². The van der Waals surface area contributed by atoms with Gasteiger partial charge in [-0.3, -0.25) is 0 Å². The summed E-state index contributed by atoms with van der Waals surface area (Å²) in [6.07, 6.45) is 4.99. The Kier molecular flexibility index (Phi) is 12.1. The summed E-state index contributed by atoms with van der Waals surface area (Å²) in [4.78, 5) is 8.66. The van der Waals surface area contributed by atoms with Crippen LogP contribution in [0.1, 0.15) is 39.5 Å². The van der Waals surface area contributed by atoms with Crippen LogP contribution in [0.25, 0.3) is 0 Å². The zero-order valence-electron chi connectivity index (χ0n) is 7.75. The molecule has 2 atom stereocenters.